The summed E-state index contributed by atoms with van der Waals surface area (Å²) in [6, 6.07) is 0. The summed E-state index contributed by atoms with van der Waals surface area (Å²) in [6.07, 6.45) is 0.0630. The van der Waals surface area contributed by atoms with Crippen molar-refractivity contribution in [3.63, 3.8) is 0 Å². The van der Waals surface area contributed by atoms with E-state index in [0.717, 1.165) is 0 Å². The molecule has 20 heavy (non-hydrogen) atoms. The molecule has 0 N–H and O–H groups in total. The standard InChI is InChI=1S/C13H22O7/c1-4-11(14)17-7-10(8-18-12(15)5-2)19-9-20-13(16)6-3/h10H,4-9H2,1-3H3. The van der Waals surface area contributed by atoms with E-state index in [1.165, 1.54) is 0 Å². The maximum atomic E-state index is 11.1. The van der Waals surface area contributed by atoms with Gasteiger partial charge in [0.25, 0.3) is 0 Å². The van der Waals surface area contributed by atoms with Gasteiger partial charge in [0, 0.05) is 19.3 Å². The monoisotopic (exact) mass is 290 g/mol. The lowest BCUT2D eigenvalue weighted by atomic mass is 10.4. The number of hydrogen-bond donors (Lipinski definition) is 0. The minimum absolute atomic E-state index is 0.0622. The smallest absolute Gasteiger partial charge is 0.307 e. The molecule has 7 nitrogen and oxygen atoms in total. The van der Waals surface area contributed by atoms with Crippen LogP contribution >= 0.6 is 0 Å². The Labute approximate surface area is 118 Å². The third kappa shape index (κ3) is 9.32. The van der Waals surface area contributed by atoms with Crippen molar-refractivity contribution in [1.82, 2.24) is 0 Å². The van der Waals surface area contributed by atoms with Crippen molar-refractivity contribution in [3.05, 3.63) is 0 Å². The molecule has 0 fully saturated rings. The van der Waals surface area contributed by atoms with Gasteiger partial charge < -0.3 is 18.9 Å². The van der Waals surface area contributed by atoms with Gasteiger partial charge in [-0.05, 0) is 0 Å². The molecule has 0 rings (SSSR count). The van der Waals surface area contributed by atoms with Gasteiger partial charge in [-0.2, -0.15) is 0 Å². The van der Waals surface area contributed by atoms with Gasteiger partial charge >= 0.3 is 17.9 Å². The molecule has 0 aromatic carbocycles. The zero-order valence-electron chi connectivity index (χ0n) is 12.2. The van der Waals surface area contributed by atoms with E-state index in [2.05, 4.69) is 0 Å². The first-order valence-corrected chi connectivity index (χ1v) is 6.61. The molecular formula is C13H22O7. The van der Waals surface area contributed by atoms with Crippen molar-refractivity contribution >= 4 is 17.9 Å². The van der Waals surface area contributed by atoms with Crippen LogP contribution in [0.25, 0.3) is 0 Å². The van der Waals surface area contributed by atoms with Crippen LogP contribution in [0.1, 0.15) is 40.0 Å². The predicted molar refractivity (Wildman–Crippen MR) is 68.6 cm³/mol. The van der Waals surface area contributed by atoms with E-state index in [-0.39, 0.29) is 51.2 Å². The van der Waals surface area contributed by atoms with E-state index < -0.39 is 12.1 Å². The molecule has 0 aromatic rings. The average Bonchev–Trinajstić information content (AvgIpc) is 2.47. The SMILES string of the molecule is CCC(=O)OCOC(COC(=O)CC)COC(=O)CC. The highest BCUT2D eigenvalue weighted by Gasteiger charge is 2.15. The number of ether oxygens (including phenoxy) is 4. The molecule has 0 saturated heterocycles. The number of rotatable bonds is 10. The molecule has 0 saturated carbocycles. The summed E-state index contributed by atoms with van der Waals surface area (Å²) in [4.78, 5) is 33.1. The number of esters is 3. The Morgan fingerprint density at radius 3 is 1.55 bits per heavy atom. The zero-order chi connectivity index (χ0) is 15.4. The minimum Gasteiger partial charge on any atom is -0.463 e. The van der Waals surface area contributed by atoms with Crippen LogP contribution in [0.5, 0.6) is 0 Å². The van der Waals surface area contributed by atoms with Gasteiger partial charge in [0.15, 0.2) is 6.79 Å². The van der Waals surface area contributed by atoms with Crippen LogP contribution in [0, 0.1) is 0 Å². The summed E-state index contributed by atoms with van der Waals surface area (Å²) in [7, 11) is 0. The summed E-state index contributed by atoms with van der Waals surface area (Å²) in [5.74, 6) is -1.17. The predicted octanol–water partition coefficient (Wildman–Crippen LogP) is 1.19. The minimum atomic E-state index is -0.661. The molecule has 0 atom stereocenters. The van der Waals surface area contributed by atoms with Gasteiger partial charge in [-0.15, -0.1) is 0 Å². The van der Waals surface area contributed by atoms with Gasteiger partial charge in [-0.1, -0.05) is 20.8 Å². The molecule has 0 aliphatic carbocycles. The molecule has 0 radical (unpaired) electrons. The normalized spacial score (nSPS) is 10.2. The highest BCUT2D eigenvalue weighted by atomic mass is 16.7. The van der Waals surface area contributed by atoms with Crippen LogP contribution in [-0.2, 0) is 33.3 Å². The molecule has 0 aliphatic rings. The van der Waals surface area contributed by atoms with E-state index in [1.54, 1.807) is 20.8 Å². The van der Waals surface area contributed by atoms with Gasteiger partial charge in [-0.25, -0.2) is 0 Å². The van der Waals surface area contributed by atoms with Crippen molar-refractivity contribution < 1.29 is 33.3 Å². The molecule has 0 unspecified atom stereocenters. The summed E-state index contributed by atoms with van der Waals surface area (Å²) in [5.41, 5.74) is 0. The van der Waals surface area contributed by atoms with Crippen molar-refractivity contribution in [3.8, 4) is 0 Å². The molecule has 116 valence electrons. The van der Waals surface area contributed by atoms with Crippen LogP contribution in [0.15, 0.2) is 0 Å². The third-order valence-corrected chi connectivity index (χ3v) is 2.25. The van der Waals surface area contributed by atoms with Gasteiger partial charge in [0.05, 0.1) is 0 Å². The Morgan fingerprint density at radius 2 is 1.15 bits per heavy atom. The molecule has 0 aliphatic heterocycles. The third-order valence-electron chi connectivity index (χ3n) is 2.25. The lowest BCUT2D eigenvalue weighted by molar-refractivity contribution is -0.175. The maximum absolute atomic E-state index is 11.1. The topological polar surface area (TPSA) is 88.1 Å². The summed E-state index contributed by atoms with van der Waals surface area (Å²) >= 11 is 0. The maximum Gasteiger partial charge on any atom is 0.307 e. The Bertz CT molecular complexity index is 294. The van der Waals surface area contributed by atoms with Crippen LogP contribution in [-0.4, -0.2) is 44.0 Å². The van der Waals surface area contributed by atoms with E-state index >= 15 is 0 Å². The lowest BCUT2D eigenvalue weighted by Gasteiger charge is -2.17. The first-order valence-electron chi connectivity index (χ1n) is 6.61. The fraction of sp³-hybridized carbons (Fsp3) is 0.769. The van der Waals surface area contributed by atoms with E-state index in [4.69, 9.17) is 18.9 Å². The van der Waals surface area contributed by atoms with E-state index in [1.807, 2.05) is 0 Å². The molecule has 0 bridgehead atoms. The second-order valence-corrected chi connectivity index (χ2v) is 3.85. The summed E-state index contributed by atoms with van der Waals surface area (Å²) < 4.78 is 19.8. The van der Waals surface area contributed by atoms with E-state index in [9.17, 15) is 14.4 Å². The van der Waals surface area contributed by atoms with E-state index in [0.29, 0.717) is 0 Å². The molecule has 0 amide bonds. The fourth-order valence-electron chi connectivity index (χ4n) is 1.02. The van der Waals surface area contributed by atoms with Crippen LogP contribution < -0.4 is 0 Å². The Hall–Kier alpha value is -1.63. The summed E-state index contributed by atoms with van der Waals surface area (Å²) in [5, 5.41) is 0. The molecule has 0 spiro atoms. The van der Waals surface area contributed by atoms with Crippen LogP contribution in [0.2, 0.25) is 0 Å². The van der Waals surface area contributed by atoms with Crippen molar-refractivity contribution in [1.29, 1.82) is 0 Å². The molecular weight excluding hydrogens is 268 g/mol. The quantitative estimate of drug-likeness (QED) is 0.339. The second kappa shape index (κ2) is 11.2. The average molecular weight is 290 g/mol. The highest BCUT2D eigenvalue weighted by molar-refractivity contribution is 5.69. The number of carbonyl (C=O) groups is 3. The van der Waals surface area contributed by atoms with Gasteiger partial charge in [0.1, 0.15) is 19.3 Å². The highest BCUT2D eigenvalue weighted by Crippen LogP contribution is 2.00. The Balaban J connectivity index is 4.12. The van der Waals surface area contributed by atoms with Crippen LogP contribution in [0.3, 0.4) is 0 Å². The molecule has 0 heterocycles. The summed E-state index contributed by atoms with van der Waals surface area (Å²) in [6.45, 7) is 4.59. The van der Waals surface area contributed by atoms with Crippen LogP contribution in [0.4, 0.5) is 0 Å². The largest absolute Gasteiger partial charge is 0.463 e. The lowest BCUT2D eigenvalue weighted by Crippen LogP contribution is -2.29. The number of carbonyl (C=O) groups excluding carboxylic acids is 3. The Morgan fingerprint density at radius 1 is 0.750 bits per heavy atom. The second-order valence-electron chi connectivity index (χ2n) is 3.85. The van der Waals surface area contributed by atoms with Crippen molar-refractivity contribution in [2.75, 3.05) is 20.0 Å². The van der Waals surface area contributed by atoms with Gasteiger partial charge in [-0.3, -0.25) is 14.4 Å². The Kier molecular flexibility index (Phi) is 10.3. The first-order chi connectivity index (χ1) is 9.53. The van der Waals surface area contributed by atoms with Crippen molar-refractivity contribution in [2.24, 2.45) is 0 Å². The number of hydrogen-bond acceptors (Lipinski definition) is 7. The fourth-order valence-corrected chi connectivity index (χ4v) is 1.02. The molecule has 7 heteroatoms. The molecule has 0 aromatic heterocycles. The first kappa shape index (κ1) is 18.4. The van der Waals surface area contributed by atoms with Crippen molar-refractivity contribution in [2.45, 2.75) is 46.1 Å². The van der Waals surface area contributed by atoms with Gasteiger partial charge in [0.2, 0.25) is 0 Å². The zero-order valence-corrected chi connectivity index (χ0v) is 12.2.